The number of thiazole rings is 1. The van der Waals surface area contributed by atoms with E-state index in [2.05, 4.69) is 32.1 Å². The molecule has 0 aliphatic carbocycles. The van der Waals surface area contributed by atoms with Gasteiger partial charge in [0.15, 0.2) is 0 Å². The third-order valence-corrected chi connectivity index (χ3v) is 6.29. The highest BCUT2D eigenvalue weighted by molar-refractivity contribution is 7.09. The number of nitrogens with zero attached hydrogens (tertiary/aromatic N) is 4. The average Bonchev–Trinajstić information content (AvgIpc) is 3.03. The lowest BCUT2D eigenvalue weighted by Gasteiger charge is -2.46. The van der Waals surface area contributed by atoms with Gasteiger partial charge in [0.1, 0.15) is 0 Å². The summed E-state index contributed by atoms with van der Waals surface area (Å²) in [7, 11) is 0. The zero-order valence-corrected chi connectivity index (χ0v) is 15.5. The molecule has 0 saturated carbocycles. The number of aryl methyl sites for hydroxylation is 1. The molecule has 2 aliphatic heterocycles. The minimum atomic E-state index is 0.0178. The summed E-state index contributed by atoms with van der Waals surface area (Å²) in [6, 6.07) is 2.24. The number of aromatic nitrogens is 3. The Morgan fingerprint density at radius 1 is 1.28 bits per heavy atom. The Bertz CT molecular complexity index is 684. The van der Waals surface area contributed by atoms with Crippen LogP contribution >= 0.6 is 11.3 Å². The van der Waals surface area contributed by atoms with Crippen molar-refractivity contribution in [3.05, 3.63) is 34.5 Å². The molecule has 1 unspecified atom stereocenters. The van der Waals surface area contributed by atoms with Gasteiger partial charge < -0.3 is 10.1 Å². The van der Waals surface area contributed by atoms with Gasteiger partial charge >= 0.3 is 0 Å². The molecular formula is C18H25N5OS. The van der Waals surface area contributed by atoms with E-state index in [4.69, 9.17) is 4.74 Å². The maximum absolute atomic E-state index is 6.26. The van der Waals surface area contributed by atoms with E-state index in [-0.39, 0.29) is 5.60 Å². The number of ether oxygens (including phenoxy) is 1. The smallest absolute Gasteiger partial charge is 0.222 e. The molecule has 25 heavy (non-hydrogen) atoms. The normalized spacial score (nSPS) is 23.6. The Balaban J connectivity index is 1.33. The fourth-order valence-electron chi connectivity index (χ4n) is 3.86. The van der Waals surface area contributed by atoms with E-state index in [1.54, 1.807) is 23.7 Å². The molecule has 7 heteroatoms. The molecule has 0 radical (unpaired) electrons. The molecule has 0 amide bonds. The van der Waals surface area contributed by atoms with Gasteiger partial charge in [-0.3, -0.25) is 4.90 Å². The van der Waals surface area contributed by atoms with Crippen LogP contribution in [0.3, 0.4) is 0 Å². The second kappa shape index (κ2) is 7.35. The largest absolute Gasteiger partial charge is 0.375 e. The first-order chi connectivity index (χ1) is 12.2. The van der Waals surface area contributed by atoms with Gasteiger partial charge in [-0.25, -0.2) is 15.0 Å². The molecule has 2 aromatic rings. The number of hydrogen-bond donors (Lipinski definition) is 1. The van der Waals surface area contributed by atoms with Crippen LogP contribution < -0.4 is 5.32 Å². The van der Waals surface area contributed by atoms with Gasteiger partial charge in [-0.05, 0) is 38.7 Å². The van der Waals surface area contributed by atoms with E-state index >= 15 is 0 Å². The molecule has 1 N–H and O–H groups in total. The zero-order chi connectivity index (χ0) is 17.1. The Morgan fingerprint density at radius 3 is 2.80 bits per heavy atom. The minimum absolute atomic E-state index is 0.0178. The Morgan fingerprint density at radius 2 is 2.08 bits per heavy atom. The summed E-state index contributed by atoms with van der Waals surface area (Å²) in [5.74, 6) is 0.725. The summed E-state index contributed by atoms with van der Waals surface area (Å²) in [6.07, 6.45) is 7.81. The topological polar surface area (TPSA) is 63.2 Å². The second-order valence-corrected chi connectivity index (χ2v) is 8.01. The van der Waals surface area contributed by atoms with Crippen molar-refractivity contribution in [2.45, 2.75) is 50.8 Å². The van der Waals surface area contributed by atoms with E-state index in [0.717, 1.165) is 57.9 Å². The predicted octanol–water partition coefficient (Wildman–Crippen LogP) is 2.87. The van der Waals surface area contributed by atoms with Crippen LogP contribution in [0.1, 0.15) is 36.3 Å². The summed E-state index contributed by atoms with van der Waals surface area (Å²) in [4.78, 5) is 16.9. The van der Waals surface area contributed by atoms with Gasteiger partial charge in [-0.2, -0.15) is 0 Å². The van der Waals surface area contributed by atoms with Crippen LogP contribution in [0.4, 0.5) is 5.95 Å². The molecule has 0 bridgehead atoms. The van der Waals surface area contributed by atoms with Crippen LogP contribution in [-0.2, 0) is 11.3 Å². The third kappa shape index (κ3) is 3.99. The summed E-state index contributed by atoms with van der Waals surface area (Å²) in [6.45, 7) is 6.12. The van der Waals surface area contributed by atoms with Crippen molar-refractivity contribution in [1.82, 2.24) is 19.9 Å². The SMILES string of the molecule is Cc1ncsc1CN1CCC2(CC1)CC(Nc1ncccn1)CCO2. The van der Waals surface area contributed by atoms with Crippen molar-refractivity contribution in [1.29, 1.82) is 0 Å². The summed E-state index contributed by atoms with van der Waals surface area (Å²) < 4.78 is 6.26. The quantitative estimate of drug-likeness (QED) is 0.906. The maximum atomic E-state index is 6.26. The van der Waals surface area contributed by atoms with Gasteiger partial charge in [0.2, 0.25) is 5.95 Å². The van der Waals surface area contributed by atoms with Crippen LogP contribution in [-0.4, -0.2) is 51.2 Å². The Kier molecular flexibility index (Phi) is 4.96. The number of anilines is 1. The minimum Gasteiger partial charge on any atom is -0.375 e. The first kappa shape index (κ1) is 16.9. The Labute approximate surface area is 152 Å². The van der Waals surface area contributed by atoms with E-state index < -0.39 is 0 Å². The fourth-order valence-corrected chi connectivity index (χ4v) is 4.67. The molecule has 6 nitrogen and oxygen atoms in total. The molecule has 134 valence electrons. The van der Waals surface area contributed by atoms with Crippen molar-refractivity contribution in [3.63, 3.8) is 0 Å². The third-order valence-electron chi connectivity index (χ3n) is 5.37. The first-order valence-corrected chi connectivity index (χ1v) is 9.89. The van der Waals surface area contributed by atoms with Crippen LogP contribution in [0.15, 0.2) is 24.0 Å². The molecule has 1 spiro atoms. The predicted molar refractivity (Wildman–Crippen MR) is 98.7 cm³/mol. The van der Waals surface area contributed by atoms with Crippen molar-refractivity contribution in [2.75, 3.05) is 25.0 Å². The van der Waals surface area contributed by atoms with Crippen molar-refractivity contribution < 1.29 is 4.74 Å². The van der Waals surface area contributed by atoms with Gasteiger partial charge in [-0.15, -0.1) is 11.3 Å². The van der Waals surface area contributed by atoms with Crippen LogP contribution in [0.5, 0.6) is 0 Å². The highest BCUT2D eigenvalue weighted by atomic mass is 32.1. The standard InChI is InChI=1S/C18H25N5OS/c1-14-16(25-13-21-14)12-23-8-4-18(5-9-23)11-15(3-10-24-18)22-17-19-6-2-7-20-17/h2,6-7,13,15H,3-5,8-12H2,1H3,(H,19,20,22). The van der Waals surface area contributed by atoms with E-state index in [9.17, 15) is 0 Å². The second-order valence-electron chi connectivity index (χ2n) is 7.08. The van der Waals surface area contributed by atoms with Crippen LogP contribution in [0, 0.1) is 6.92 Å². The molecule has 1 atom stereocenters. The van der Waals surface area contributed by atoms with E-state index in [0.29, 0.717) is 6.04 Å². The van der Waals surface area contributed by atoms with Gasteiger partial charge in [0, 0.05) is 49.6 Å². The molecule has 4 rings (SSSR count). The van der Waals surface area contributed by atoms with Crippen LogP contribution in [0.25, 0.3) is 0 Å². The van der Waals surface area contributed by atoms with E-state index in [1.807, 2.05) is 11.6 Å². The van der Waals surface area contributed by atoms with Crippen molar-refractivity contribution in [3.8, 4) is 0 Å². The Hall–Kier alpha value is -1.57. The lowest BCUT2D eigenvalue weighted by atomic mass is 9.82. The molecular weight excluding hydrogens is 334 g/mol. The lowest BCUT2D eigenvalue weighted by molar-refractivity contribution is -0.115. The van der Waals surface area contributed by atoms with Gasteiger partial charge in [0.05, 0.1) is 16.8 Å². The van der Waals surface area contributed by atoms with Gasteiger partial charge in [-0.1, -0.05) is 0 Å². The van der Waals surface area contributed by atoms with Crippen molar-refractivity contribution >= 4 is 17.3 Å². The molecule has 2 aromatic heterocycles. The lowest BCUT2D eigenvalue weighted by Crippen LogP contribution is -2.51. The zero-order valence-electron chi connectivity index (χ0n) is 14.6. The summed E-state index contributed by atoms with van der Waals surface area (Å²) >= 11 is 1.76. The molecule has 0 aromatic carbocycles. The number of nitrogens with one attached hydrogen (secondary N) is 1. The molecule has 2 aliphatic rings. The summed E-state index contributed by atoms with van der Waals surface area (Å²) in [5, 5.41) is 3.49. The van der Waals surface area contributed by atoms with Crippen molar-refractivity contribution in [2.24, 2.45) is 0 Å². The van der Waals surface area contributed by atoms with E-state index in [1.165, 1.54) is 10.6 Å². The first-order valence-electron chi connectivity index (χ1n) is 9.01. The molecule has 2 saturated heterocycles. The highest BCUT2D eigenvalue weighted by Crippen LogP contribution is 2.36. The number of rotatable bonds is 4. The summed E-state index contributed by atoms with van der Waals surface area (Å²) in [5.41, 5.74) is 3.14. The number of hydrogen-bond acceptors (Lipinski definition) is 7. The monoisotopic (exact) mass is 359 g/mol. The fraction of sp³-hybridized carbons (Fsp3) is 0.611. The molecule has 2 fully saturated rings. The number of piperidine rings is 1. The molecule has 4 heterocycles. The van der Waals surface area contributed by atoms with Crippen LogP contribution in [0.2, 0.25) is 0 Å². The van der Waals surface area contributed by atoms with Gasteiger partial charge in [0.25, 0.3) is 0 Å². The number of likely N-dealkylation sites (tertiary alicyclic amines) is 1. The maximum Gasteiger partial charge on any atom is 0.222 e. The average molecular weight is 359 g/mol. The highest BCUT2D eigenvalue weighted by Gasteiger charge is 2.40.